The summed E-state index contributed by atoms with van der Waals surface area (Å²) >= 11 is 10.9. The Morgan fingerprint density at radius 2 is 1.87 bits per heavy atom. The van der Waals surface area contributed by atoms with Gasteiger partial charge in [-0.2, -0.15) is 0 Å². The molecule has 23 heavy (non-hydrogen) atoms. The minimum absolute atomic E-state index is 0.274. The Labute approximate surface area is 143 Å². The van der Waals surface area contributed by atoms with Gasteiger partial charge in [0.15, 0.2) is 11.2 Å². The first-order valence-corrected chi connectivity index (χ1v) is 7.77. The first-order chi connectivity index (χ1) is 11.1. The second-order valence-corrected chi connectivity index (χ2v) is 5.84. The molecule has 0 fully saturated rings. The Balaban J connectivity index is 1.48. The average Bonchev–Trinajstić information content (AvgIpc) is 2.99. The van der Waals surface area contributed by atoms with Crippen LogP contribution in [-0.4, -0.2) is 17.1 Å². The average molecular weight is 348 g/mol. The fraction of sp³-hybridized carbons (Fsp3) is 0.125. The van der Waals surface area contributed by atoms with Crippen LogP contribution in [0.1, 0.15) is 5.56 Å². The number of fused-ring (bicyclic) bond motifs is 1. The van der Waals surface area contributed by atoms with Gasteiger partial charge in [-0.15, -0.1) is 0 Å². The number of nitrogens with one attached hydrogen (secondary N) is 3. The lowest BCUT2D eigenvalue weighted by molar-refractivity contribution is -0.127. The lowest BCUT2D eigenvalue weighted by Crippen LogP contribution is -2.49. The molecule has 2 aromatic rings. The van der Waals surface area contributed by atoms with E-state index in [9.17, 15) is 4.79 Å². The molecule has 1 amide bonds. The summed E-state index contributed by atoms with van der Waals surface area (Å²) in [5.74, 6) is 0.468. The van der Waals surface area contributed by atoms with Gasteiger partial charge in [0.25, 0.3) is 5.91 Å². The van der Waals surface area contributed by atoms with Crippen molar-refractivity contribution >= 4 is 40.5 Å². The van der Waals surface area contributed by atoms with Gasteiger partial charge in [0.2, 0.25) is 0 Å². The zero-order valence-electron chi connectivity index (χ0n) is 12.0. The van der Waals surface area contributed by atoms with Crippen molar-refractivity contribution < 1.29 is 9.53 Å². The fourth-order valence-electron chi connectivity index (χ4n) is 2.22. The van der Waals surface area contributed by atoms with Crippen LogP contribution in [0.3, 0.4) is 0 Å². The molecular formula is C16H14ClN3O2S. The quantitative estimate of drug-likeness (QED) is 0.576. The number of amides is 1. The molecule has 0 unspecified atom stereocenters. The molecule has 7 heteroatoms. The maximum Gasteiger partial charge on any atom is 0.279 e. The number of hydrogen-bond acceptors (Lipinski definition) is 3. The SMILES string of the molecule is O=C(NNC(=S)Nc1ccc(Cl)cc1)[C@H]1Cc2ccccc2O1. The minimum atomic E-state index is -0.557. The summed E-state index contributed by atoms with van der Waals surface area (Å²) in [5.41, 5.74) is 7.00. The Kier molecular flexibility index (Phi) is 4.64. The second-order valence-electron chi connectivity index (χ2n) is 4.99. The molecule has 0 saturated heterocycles. The van der Waals surface area contributed by atoms with Gasteiger partial charge >= 0.3 is 0 Å². The van der Waals surface area contributed by atoms with Crippen molar-refractivity contribution in [2.24, 2.45) is 0 Å². The Morgan fingerprint density at radius 3 is 2.61 bits per heavy atom. The molecule has 3 N–H and O–H groups in total. The number of para-hydroxylation sites is 1. The van der Waals surface area contributed by atoms with Crippen LogP contribution in [0.25, 0.3) is 0 Å². The van der Waals surface area contributed by atoms with Gasteiger partial charge in [0.1, 0.15) is 5.75 Å². The highest BCUT2D eigenvalue weighted by Gasteiger charge is 2.28. The van der Waals surface area contributed by atoms with Crippen molar-refractivity contribution in [3.63, 3.8) is 0 Å². The highest BCUT2D eigenvalue weighted by molar-refractivity contribution is 7.80. The molecule has 3 rings (SSSR count). The zero-order chi connectivity index (χ0) is 16.2. The Morgan fingerprint density at radius 1 is 1.13 bits per heavy atom. The predicted molar refractivity (Wildman–Crippen MR) is 93.5 cm³/mol. The summed E-state index contributed by atoms with van der Waals surface area (Å²) in [4.78, 5) is 12.1. The highest BCUT2D eigenvalue weighted by Crippen LogP contribution is 2.27. The van der Waals surface area contributed by atoms with Gasteiger partial charge in [-0.1, -0.05) is 29.8 Å². The van der Waals surface area contributed by atoms with Crippen LogP contribution in [0.2, 0.25) is 5.02 Å². The molecule has 0 aliphatic carbocycles. The van der Waals surface area contributed by atoms with Gasteiger partial charge in [-0.05, 0) is 48.1 Å². The van der Waals surface area contributed by atoms with Crippen molar-refractivity contribution in [1.82, 2.24) is 10.9 Å². The van der Waals surface area contributed by atoms with E-state index in [2.05, 4.69) is 16.2 Å². The van der Waals surface area contributed by atoms with Crippen LogP contribution in [0.15, 0.2) is 48.5 Å². The molecular weight excluding hydrogens is 334 g/mol. The maximum atomic E-state index is 12.1. The maximum absolute atomic E-state index is 12.1. The zero-order valence-corrected chi connectivity index (χ0v) is 13.6. The van der Waals surface area contributed by atoms with Gasteiger partial charge in [0.05, 0.1) is 0 Å². The summed E-state index contributed by atoms with van der Waals surface area (Å²) in [7, 11) is 0. The summed E-state index contributed by atoms with van der Waals surface area (Å²) < 4.78 is 5.60. The third kappa shape index (κ3) is 3.91. The van der Waals surface area contributed by atoms with Crippen molar-refractivity contribution in [1.29, 1.82) is 0 Å². The molecule has 118 valence electrons. The van der Waals surface area contributed by atoms with E-state index in [-0.39, 0.29) is 11.0 Å². The number of hydrazine groups is 1. The molecule has 0 bridgehead atoms. The number of thiocarbonyl (C=S) groups is 1. The molecule has 1 heterocycles. The predicted octanol–water partition coefficient (Wildman–Crippen LogP) is 2.66. The van der Waals surface area contributed by atoms with E-state index in [0.29, 0.717) is 11.4 Å². The summed E-state index contributed by atoms with van der Waals surface area (Å²) in [5, 5.41) is 3.85. The van der Waals surface area contributed by atoms with Gasteiger partial charge in [0, 0.05) is 17.1 Å². The number of hydrogen-bond donors (Lipinski definition) is 3. The number of benzene rings is 2. The van der Waals surface area contributed by atoms with Gasteiger partial charge in [-0.3, -0.25) is 15.6 Å². The molecule has 1 atom stereocenters. The van der Waals surface area contributed by atoms with Crippen LogP contribution in [0.5, 0.6) is 5.75 Å². The third-order valence-electron chi connectivity index (χ3n) is 3.34. The Hall–Kier alpha value is -2.31. The largest absolute Gasteiger partial charge is 0.480 e. The number of halogens is 1. The van der Waals surface area contributed by atoms with Crippen LogP contribution >= 0.6 is 23.8 Å². The fourth-order valence-corrected chi connectivity index (χ4v) is 2.52. The van der Waals surface area contributed by atoms with Crippen molar-refractivity contribution in [2.75, 3.05) is 5.32 Å². The van der Waals surface area contributed by atoms with E-state index in [4.69, 9.17) is 28.6 Å². The lowest BCUT2D eigenvalue weighted by Gasteiger charge is -2.14. The summed E-state index contributed by atoms with van der Waals surface area (Å²) in [6.45, 7) is 0. The number of ether oxygens (including phenoxy) is 1. The standard InChI is InChI=1S/C16H14ClN3O2S/c17-11-5-7-12(8-6-11)18-16(23)20-19-15(21)14-9-10-3-1-2-4-13(10)22-14/h1-8,14H,9H2,(H,19,21)(H2,18,20,23)/t14-/m1/s1. The highest BCUT2D eigenvalue weighted by atomic mass is 35.5. The lowest BCUT2D eigenvalue weighted by atomic mass is 10.1. The molecule has 2 aromatic carbocycles. The van der Waals surface area contributed by atoms with Crippen molar-refractivity contribution in [3.05, 3.63) is 59.1 Å². The van der Waals surface area contributed by atoms with E-state index >= 15 is 0 Å². The van der Waals surface area contributed by atoms with E-state index in [1.54, 1.807) is 24.3 Å². The van der Waals surface area contributed by atoms with Crippen molar-refractivity contribution in [3.8, 4) is 5.75 Å². The van der Waals surface area contributed by atoms with Gasteiger partial charge < -0.3 is 10.1 Å². The van der Waals surface area contributed by atoms with E-state index in [0.717, 1.165) is 17.0 Å². The monoisotopic (exact) mass is 347 g/mol. The van der Waals surface area contributed by atoms with E-state index in [1.165, 1.54) is 0 Å². The molecule has 5 nitrogen and oxygen atoms in total. The van der Waals surface area contributed by atoms with Crippen molar-refractivity contribution in [2.45, 2.75) is 12.5 Å². The van der Waals surface area contributed by atoms with Gasteiger partial charge in [-0.25, -0.2) is 0 Å². The van der Waals surface area contributed by atoms with Crippen LogP contribution < -0.4 is 20.9 Å². The molecule has 0 spiro atoms. The Bertz CT molecular complexity index is 711. The van der Waals surface area contributed by atoms with E-state index < -0.39 is 6.10 Å². The first kappa shape index (κ1) is 15.6. The number of rotatable bonds is 2. The van der Waals surface area contributed by atoms with Crippen LogP contribution in [0, 0.1) is 0 Å². The molecule has 1 aliphatic heterocycles. The smallest absolute Gasteiger partial charge is 0.279 e. The minimum Gasteiger partial charge on any atom is -0.480 e. The normalized spacial score (nSPS) is 15.3. The number of carbonyl (C=O) groups excluding carboxylic acids is 1. The summed E-state index contributed by atoms with van der Waals surface area (Å²) in [6, 6.07) is 14.7. The molecule has 0 radical (unpaired) electrons. The molecule has 0 saturated carbocycles. The number of carbonyl (C=O) groups is 1. The molecule has 1 aliphatic rings. The number of anilines is 1. The first-order valence-electron chi connectivity index (χ1n) is 6.99. The second kappa shape index (κ2) is 6.85. The van der Waals surface area contributed by atoms with Crippen LogP contribution in [0.4, 0.5) is 5.69 Å². The molecule has 0 aromatic heterocycles. The topological polar surface area (TPSA) is 62.4 Å². The summed E-state index contributed by atoms with van der Waals surface area (Å²) in [6.07, 6.45) is -0.0145. The third-order valence-corrected chi connectivity index (χ3v) is 3.80. The van der Waals surface area contributed by atoms with Crippen LogP contribution in [-0.2, 0) is 11.2 Å². The van der Waals surface area contributed by atoms with E-state index in [1.807, 2.05) is 24.3 Å².